The number of nitrogens with two attached hydrogens (primary N) is 1. The topological polar surface area (TPSA) is 104 Å². The Morgan fingerprint density at radius 2 is 1.94 bits per heavy atom. The van der Waals surface area contributed by atoms with Gasteiger partial charge in [-0.25, -0.2) is 9.18 Å². The SMILES string of the molecule is CCCCOc1ccc(C2C(C#N)=C(N)Oc3cc(OC(=O)c4ccccc4F)ccc32)cc1OC. The highest BCUT2D eigenvalue weighted by Gasteiger charge is 2.32. The Hall–Kier alpha value is -4.51. The maximum absolute atomic E-state index is 14.0. The van der Waals surface area contributed by atoms with Crippen molar-refractivity contribution in [1.82, 2.24) is 0 Å². The van der Waals surface area contributed by atoms with E-state index in [2.05, 4.69) is 13.0 Å². The van der Waals surface area contributed by atoms with Gasteiger partial charge < -0.3 is 24.7 Å². The Bertz CT molecular complexity index is 1360. The molecular weight excluding hydrogens is 463 g/mol. The van der Waals surface area contributed by atoms with Crippen molar-refractivity contribution < 1.29 is 28.1 Å². The number of carbonyl (C=O) groups is 1. The molecule has 1 aliphatic heterocycles. The fraction of sp³-hybridized carbons (Fsp3) is 0.214. The van der Waals surface area contributed by atoms with Gasteiger partial charge in [-0.3, -0.25) is 0 Å². The lowest BCUT2D eigenvalue weighted by atomic mass is 9.83. The van der Waals surface area contributed by atoms with Crippen LogP contribution in [0.4, 0.5) is 4.39 Å². The number of carbonyl (C=O) groups excluding carboxylic acids is 1. The molecule has 3 aromatic carbocycles. The summed E-state index contributed by atoms with van der Waals surface area (Å²) in [5.41, 5.74) is 7.54. The number of methoxy groups -OCH3 is 1. The molecule has 0 aliphatic carbocycles. The van der Waals surface area contributed by atoms with Crippen LogP contribution in [0.3, 0.4) is 0 Å². The molecule has 0 bridgehead atoms. The van der Waals surface area contributed by atoms with Crippen LogP contribution in [-0.4, -0.2) is 19.7 Å². The Kier molecular flexibility index (Phi) is 7.40. The molecule has 1 atom stereocenters. The van der Waals surface area contributed by atoms with E-state index in [-0.39, 0.29) is 22.8 Å². The summed E-state index contributed by atoms with van der Waals surface area (Å²) in [4.78, 5) is 12.4. The lowest BCUT2D eigenvalue weighted by Crippen LogP contribution is -2.21. The van der Waals surface area contributed by atoms with Gasteiger partial charge in [0.1, 0.15) is 29.0 Å². The van der Waals surface area contributed by atoms with Crippen LogP contribution in [0.5, 0.6) is 23.0 Å². The van der Waals surface area contributed by atoms with E-state index in [1.807, 2.05) is 6.07 Å². The summed E-state index contributed by atoms with van der Waals surface area (Å²) in [6, 6.07) is 17.9. The van der Waals surface area contributed by atoms with Crippen LogP contribution in [0, 0.1) is 17.1 Å². The van der Waals surface area contributed by atoms with Crippen molar-refractivity contribution in [2.24, 2.45) is 5.73 Å². The summed E-state index contributed by atoms with van der Waals surface area (Å²) >= 11 is 0. The predicted molar refractivity (Wildman–Crippen MR) is 130 cm³/mol. The first-order chi connectivity index (χ1) is 17.5. The Morgan fingerprint density at radius 3 is 2.67 bits per heavy atom. The van der Waals surface area contributed by atoms with Gasteiger partial charge >= 0.3 is 5.97 Å². The van der Waals surface area contributed by atoms with E-state index in [1.165, 1.54) is 24.3 Å². The van der Waals surface area contributed by atoms with Crippen LogP contribution in [-0.2, 0) is 0 Å². The van der Waals surface area contributed by atoms with E-state index in [1.54, 1.807) is 37.4 Å². The third kappa shape index (κ3) is 4.96. The minimum absolute atomic E-state index is 0.0604. The number of benzene rings is 3. The Morgan fingerprint density at radius 1 is 1.14 bits per heavy atom. The quantitative estimate of drug-likeness (QED) is 0.255. The highest BCUT2D eigenvalue weighted by Crippen LogP contribution is 2.45. The molecule has 2 N–H and O–H groups in total. The van der Waals surface area contributed by atoms with Crippen LogP contribution in [0.25, 0.3) is 0 Å². The van der Waals surface area contributed by atoms with Crippen molar-refractivity contribution in [2.75, 3.05) is 13.7 Å². The maximum atomic E-state index is 14.0. The van der Waals surface area contributed by atoms with Crippen molar-refractivity contribution in [3.8, 4) is 29.1 Å². The van der Waals surface area contributed by atoms with Crippen molar-refractivity contribution in [1.29, 1.82) is 5.26 Å². The summed E-state index contributed by atoms with van der Waals surface area (Å²) in [5.74, 6) is -0.535. The summed E-state index contributed by atoms with van der Waals surface area (Å²) in [7, 11) is 1.55. The molecule has 7 nitrogen and oxygen atoms in total. The molecule has 4 rings (SSSR count). The number of allylic oxidation sites excluding steroid dienone is 1. The van der Waals surface area contributed by atoms with Crippen LogP contribution in [0.1, 0.15) is 47.2 Å². The molecule has 0 saturated carbocycles. The van der Waals surface area contributed by atoms with Gasteiger partial charge in [0.05, 0.1) is 25.2 Å². The number of hydrogen-bond acceptors (Lipinski definition) is 7. The second kappa shape index (κ2) is 10.8. The van der Waals surface area contributed by atoms with Gasteiger partial charge in [0.2, 0.25) is 5.88 Å². The number of hydrogen-bond donors (Lipinski definition) is 1. The number of esters is 1. The lowest BCUT2D eigenvalue weighted by molar-refractivity contribution is 0.0729. The van der Waals surface area contributed by atoms with Crippen LogP contribution in [0.15, 0.2) is 72.1 Å². The van der Waals surface area contributed by atoms with Gasteiger partial charge in [0, 0.05) is 11.6 Å². The van der Waals surface area contributed by atoms with Crippen molar-refractivity contribution in [2.45, 2.75) is 25.7 Å². The van der Waals surface area contributed by atoms with E-state index in [0.717, 1.165) is 18.4 Å². The number of nitriles is 1. The first kappa shape index (κ1) is 24.6. The predicted octanol–water partition coefficient (Wildman–Crippen LogP) is 5.45. The summed E-state index contributed by atoms with van der Waals surface area (Å²) in [6.07, 6.45) is 1.92. The summed E-state index contributed by atoms with van der Waals surface area (Å²) < 4.78 is 36.4. The van der Waals surface area contributed by atoms with Crippen LogP contribution in [0.2, 0.25) is 0 Å². The smallest absolute Gasteiger partial charge is 0.346 e. The molecule has 1 aliphatic rings. The van der Waals surface area contributed by atoms with Gasteiger partial charge in [-0.1, -0.05) is 37.6 Å². The minimum Gasteiger partial charge on any atom is -0.493 e. The van der Waals surface area contributed by atoms with Gasteiger partial charge in [-0.15, -0.1) is 0 Å². The fourth-order valence-electron chi connectivity index (χ4n) is 3.94. The molecular formula is C28H25FN2O5. The Labute approximate surface area is 208 Å². The number of fused-ring (bicyclic) bond motifs is 1. The molecule has 36 heavy (non-hydrogen) atoms. The first-order valence-electron chi connectivity index (χ1n) is 11.5. The van der Waals surface area contributed by atoms with Gasteiger partial charge in [-0.2, -0.15) is 5.26 Å². The van der Waals surface area contributed by atoms with E-state index >= 15 is 0 Å². The third-order valence-corrected chi connectivity index (χ3v) is 5.77. The molecule has 0 fully saturated rings. The summed E-state index contributed by atoms with van der Waals surface area (Å²) in [5, 5.41) is 9.84. The molecule has 0 saturated heterocycles. The highest BCUT2D eigenvalue weighted by atomic mass is 19.1. The monoisotopic (exact) mass is 488 g/mol. The average Bonchev–Trinajstić information content (AvgIpc) is 2.88. The van der Waals surface area contributed by atoms with Crippen molar-refractivity contribution >= 4 is 5.97 Å². The maximum Gasteiger partial charge on any atom is 0.346 e. The molecule has 0 amide bonds. The number of rotatable bonds is 8. The van der Waals surface area contributed by atoms with Gasteiger partial charge in [0.15, 0.2) is 11.5 Å². The molecule has 1 heterocycles. The standard InChI is InChI=1S/C28H25FN2O5/c1-3-4-13-34-23-12-9-17(14-25(23)33-2)26-20-11-10-18(15-24(20)36-27(31)21(26)16-30)35-28(32)19-7-5-6-8-22(19)29/h5-12,14-15,26H,3-4,13,31H2,1-2H3. The molecule has 8 heteroatoms. The first-order valence-corrected chi connectivity index (χ1v) is 11.5. The van der Waals surface area contributed by atoms with Crippen LogP contribution >= 0.6 is 0 Å². The summed E-state index contributed by atoms with van der Waals surface area (Å²) in [6.45, 7) is 2.65. The third-order valence-electron chi connectivity index (χ3n) is 5.77. The van der Waals surface area contributed by atoms with Gasteiger partial charge in [0.25, 0.3) is 0 Å². The van der Waals surface area contributed by atoms with Crippen molar-refractivity contribution in [3.63, 3.8) is 0 Å². The molecule has 1 unspecified atom stereocenters. The molecule has 3 aromatic rings. The molecule has 184 valence electrons. The lowest BCUT2D eigenvalue weighted by Gasteiger charge is -2.27. The van der Waals surface area contributed by atoms with E-state index in [0.29, 0.717) is 29.4 Å². The van der Waals surface area contributed by atoms with E-state index < -0.39 is 17.7 Å². The Balaban J connectivity index is 1.67. The molecule has 0 radical (unpaired) electrons. The van der Waals surface area contributed by atoms with E-state index in [9.17, 15) is 14.4 Å². The fourth-order valence-corrected chi connectivity index (χ4v) is 3.94. The normalized spacial score (nSPS) is 14.3. The van der Waals surface area contributed by atoms with E-state index in [4.69, 9.17) is 24.7 Å². The largest absolute Gasteiger partial charge is 0.493 e. The molecule has 0 spiro atoms. The van der Waals surface area contributed by atoms with Crippen molar-refractivity contribution in [3.05, 3.63) is 94.6 Å². The zero-order valence-electron chi connectivity index (χ0n) is 19.9. The molecule has 0 aromatic heterocycles. The van der Waals surface area contributed by atoms with Gasteiger partial charge in [-0.05, 0) is 42.3 Å². The number of halogens is 1. The second-order valence-electron chi connectivity index (χ2n) is 8.11. The zero-order valence-corrected chi connectivity index (χ0v) is 19.9. The minimum atomic E-state index is -0.843. The number of nitrogens with zero attached hydrogens (tertiary/aromatic N) is 1. The average molecular weight is 489 g/mol. The van der Waals surface area contributed by atoms with Crippen LogP contribution < -0.4 is 24.7 Å². The number of ether oxygens (including phenoxy) is 4. The second-order valence-corrected chi connectivity index (χ2v) is 8.11. The number of unbranched alkanes of at least 4 members (excludes halogenated alkanes) is 1. The zero-order chi connectivity index (χ0) is 25.7. The highest BCUT2D eigenvalue weighted by molar-refractivity contribution is 5.91.